The summed E-state index contributed by atoms with van der Waals surface area (Å²) in [6.07, 6.45) is 3.69. The van der Waals surface area contributed by atoms with E-state index < -0.39 is 0 Å². The molecule has 27 heavy (non-hydrogen) atoms. The van der Waals surface area contributed by atoms with Crippen LogP contribution in [0.25, 0.3) is 5.69 Å². The second-order valence-corrected chi connectivity index (χ2v) is 6.54. The third-order valence-electron chi connectivity index (χ3n) is 4.07. The Morgan fingerprint density at radius 2 is 2.04 bits per heavy atom. The van der Waals surface area contributed by atoms with Crippen LogP contribution in [0.1, 0.15) is 43.7 Å². The molecule has 2 N–H and O–H groups in total. The highest BCUT2D eigenvalue weighted by atomic mass is 16.5. The van der Waals surface area contributed by atoms with Crippen LogP contribution in [0.4, 0.5) is 0 Å². The van der Waals surface area contributed by atoms with E-state index in [1.54, 1.807) is 6.20 Å². The van der Waals surface area contributed by atoms with Gasteiger partial charge in [-0.05, 0) is 36.6 Å². The molecule has 0 aliphatic rings. The summed E-state index contributed by atoms with van der Waals surface area (Å²) >= 11 is 0. The van der Waals surface area contributed by atoms with E-state index >= 15 is 0 Å². The van der Waals surface area contributed by atoms with Crippen molar-refractivity contribution in [2.45, 2.75) is 39.8 Å². The highest BCUT2D eigenvalue weighted by Crippen LogP contribution is 2.14. The van der Waals surface area contributed by atoms with Crippen molar-refractivity contribution < 1.29 is 4.52 Å². The molecule has 0 aliphatic carbocycles. The first-order valence-electron chi connectivity index (χ1n) is 9.22. The van der Waals surface area contributed by atoms with E-state index in [1.807, 2.05) is 42.1 Å². The minimum atomic E-state index is 0.356. The van der Waals surface area contributed by atoms with Gasteiger partial charge in [0.25, 0.3) is 0 Å². The maximum Gasteiger partial charge on any atom is 0.191 e. The number of nitrogens with zero attached hydrogens (tertiary/aromatic N) is 4. The molecule has 1 aromatic carbocycles. The van der Waals surface area contributed by atoms with Gasteiger partial charge in [-0.3, -0.25) is 0 Å². The molecule has 0 atom stereocenters. The SMILES string of the molecule is CCNC(=NCc1ccc(-n2cccn2)cc1)NCc1cc(C(C)C)no1. The lowest BCUT2D eigenvalue weighted by Crippen LogP contribution is -2.36. The molecule has 0 unspecified atom stereocenters. The number of nitrogens with one attached hydrogen (secondary N) is 2. The summed E-state index contributed by atoms with van der Waals surface area (Å²) < 4.78 is 7.20. The van der Waals surface area contributed by atoms with Crippen LogP contribution in [0.3, 0.4) is 0 Å². The predicted octanol–water partition coefficient (Wildman–Crippen LogP) is 3.24. The molecule has 3 aromatic rings. The predicted molar refractivity (Wildman–Crippen MR) is 106 cm³/mol. The maximum atomic E-state index is 5.36. The van der Waals surface area contributed by atoms with E-state index in [-0.39, 0.29) is 0 Å². The summed E-state index contributed by atoms with van der Waals surface area (Å²) in [7, 11) is 0. The van der Waals surface area contributed by atoms with Crippen molar-refractivity contribution >= 4 is 5.96 Å². The Morgan fingerprint density at radius 1 is 1.22 bits per heavy atom. The lowest BCUT2D eigenvalue weighted by molar-refractivity contribution is 0.372. The fourth-order valence-electron chi connectivity index (χ4n) is 2.54. The first-order chi connectivity index (χ1) is 13.2. The van der Waals surface area contributed by atoms with Gasteiger partial charge in [0.2, 0.25) is 0 Å². The van der Waals surface area contributed by atoms with Crippen LogP contribution in [0.15, 0.2) is 58.3 Å². The number of rotatable bonds is 7. The Morgan fingerprint density at radius 3 is 2.67 bits per heavy atom. The average Bonchev–Trinajstić information content (AvgIpc) is 3.36. The molecule has 0 radical (unpaired) electrons. The smallest absolute Gasteiger partial charge is 0.191 e. The van der Waals surface area contributed by atoms with Gasteiger partial charge in [-0.15, -0.1) is 0 Å². The number of aliphatic imine (C=N–C) groups is 1. The summed E-state index contributed by atoms with van der Waals surface area (Å²) in [5.74, 6) is 1.90. The Kier molecular flexibility index (Phi) is 6.25. The van der Waals surface area contributed by atoms with Crippen LogP contribution in [0, 0.1) is 0 Å². The van der Waals surface area contributed by atoms with E-state index in [9.17, 15) is 0 Å². The molecule has 0 aliphatic heterocycles. The molecule has 0 fully saturated rings. The molecule has 3 rings (SSSR count). The van der Waals surface area contributed by atoms with Gasteiger partial charge in [0, 0.05) is 25.0 Å². The van der Waals surface area contributed by atoms with E-state index in [1.165, 1.54) is 0 Å². The van der Waals surface area contributed by atoms with E-state index in [2.05, 4.69) is 51.9 Å². The summed E-state index contributed by atoms with van der Waals surface area (Å²) in [5, 5.41) is 14.8. The lowest BCUT2D eigenvalue weighted by Gasteiger charge is -2.10. The largest absolute Gasteiger partial charge is 0.359 e. The first kappa shape index (κ1) is 18.7. The normalized spacial score (nSPS) is 11.8. The van der Waals surface area contributed by atoms with E-state index in [0.29, 0.717) is 19.0 Å². The molecule has 7 nitrogen and oxygen atoms in total. The van der Waals surface area contributed by atoms with Gasteiger partial charge in [-0.2, -0.15) is 5.10 Å². The van der Waals surface area contributed by atoms with Gasteiger partial charge in [-0.1, -0.05) is 31.1 Å². The monoisotopic (exact) mass is 366 g/mol. The molecule has 0 amide bonds. The molecule has 2 heterocycles. The summed E-state index contributed by atoms with van der Waals surface area (Å²) in [6.45, 7) is 8.15. The molecular formula is C20H26N6O. The minimum absolute atomic E-state index is 0.356. The topological polar surface area (TPSA) is 80.3 Å². The quantitative estimate of drug-likeness (QED) is 0.496. The molecule has 0 saturated carbocycles. The molecule has 0 spiro atoms. The second kappa shape index (κ2) is 9.02. The van der Waals surface area contributed by atoms with Crippen LogP contribution in [-0.4, -0.2) is 27.4 Å². The van der Waals surface area contributed by atoms with Gasteiger partial charge in [0.05, 0.1) is 24.5 Å². The van der Waals surface area contributed by atoms with Gasteiger partial charge in [0.1, 0.15) is 0 Å². The van der Waals surface area contributed by atoms with Crippen molar-refractivity contribution in [2.75, 3.05) is 6.54 Å². The third-order valence-corrected chi connectivity index (χ3v) is 4.07. The first-order valence-corrected chi connectivity index (χ1v) is 9.22. The lowest BCUT2D eigenvalue weighted by atomic mass is 10.1. The summed E-state index contributed by atoms with van der Waals surface area (Å²) in [5.41, 5.74) is 3.12. The van der Waals surface area contributed by atoms with Gasteiger partial charge in [-0.25, -0.2) is 9.67 Å². The van der Waals surface area contributed by atoms with Gasteiger partial charge >= 0.3 is 0 Å². The molecule has 0 bridgehead atoms. The Hall–Kier alpha value is -3.09. The highest BCUT2D eigenvalue weighted by Gasteiger charge is 2.08. The minimum Gasteiger partial charge on any atom is -0.359 e. The number of hydrogen-bond acceptors (Lipinski definition) is 4. The van der Waals surface area contributed by atoms with Crippen LogP contribution in [-0.2, 0) is 13.1 Å². The third kappa shape index (κ3) is 5.20. The zero-order valence-electron chi connectivity index (χ0n) is 16.0. The van der Waals surface area contributed by atoms with Crippen molar-refractivity contribution in [3.05, 3.63) is 65.8 Å². The highest BCUT2D eigenvalue weighted by molar-refractivity contribution is 5.79. The molecule has 2 aromatic heterocycles. The Balaban J connectivity index is 1.59. The zero-order chi connectivity index (χ0) is 19.1. The molecular weight excluding hydrogens is 340 g/mol. The fraction of sp³-hybridized carbons (Fsp3) is 0.350. The van der Waals surface area contributed by atoms with E-state index in [0.717, 1.165) is 35.2 Å². The average molecular weight is 366 g/mol. The van der Waals surface area contributed by atoms with Crippen LogP contribution in [0.5, 0.6) is 0 Å². The number of aromatic nitrogens is 3. The Bertz CT molecular complexity index is 849. The Labute approximate surface area is 159 Å². The number of hydrogen-bond donors (Lipinski definition) is 2. The molecule has 0 saturated heterocycles. The summed E-state index contributed by atoms with van der Waals surface area (Å²) in [6, 6.07) is 12.1. The standard InChI is InChI=1S/C20H26N6O/c1-4-21-20(23-14-18-12-19(15(2)3)25-27-18)22-13-16-6-8-17(9-7-16)26-11-5-10-24-26/h5-12,15H,4,13-14H2,1-3H3,(H2,21,22,23). The summed E-state index contributed by atoms with van der Waals surface area (Å²) in [4.78, 5) is 4.64. The van der Waals surface area contributed by atoms with Crippen molar-refractivity contribution in [1.82, 2.24) is 25.6 Å². The van der Waals surface area contributed by atoms with Crippen molar-refractivity contribution in [2.24, 2.45) is 4.99 Å². The van der Waals surface area contributed by atoms with Gasteiger partial charge < -0.3 is 15.2 Å². The molecule has 142 valence electrons. The van der Waals surface area contributed by atoms with Crippen molar-refractivity contribution in [3.8, 4) is 5.69 Å². The van der Waals surface area contributed by atoms with Crippen LogP contribution >= 0.6 is 0 Å². The zero-order valence-corrected chi connectivity index (χ0v) is 16.0. The van der Waals surface area contributed by atoms with Crippen LogP contribution < -0.4 is 10.6 Å². The van der Waals surface area contributed by atoms with Crippen LogP contribution in [0.2, 0.25) is 0 Å². The second-order valence-electron chi connectivity index (χ2n) is 6.54. The molecule has 7 heteroatoms. The van der Waals surface area contributed by atoms with Gasteiger partial charge in [0.15, 0.2) is 11.7 Å². The maximum absolute atomic E-state index is 5.36. The fourth-order valence-corrected chi connectivity index (χ4v) is 2.54. The number of benzene rings is 1. The van der Waals surface area contributed by atoms with Crippen molar-refractivity contribution in [3.63, 3.8) is 0 Å². The number of guanidine groups is 1. The van der Waals surface area contributed by atoms with E-state index in [4.69, 9.17) is 4.52 Å². The van der Waals surface area contributed by atoms with Crippen molar-refractivity contribution in [1.29, 1.82) is 0 Å².